The van der Waals surface area contributed by atoms with Crippen LogP contribution in [-0.4, -0.2) is 18.1 Å². The predicted octanol–water partition coefficient (Wildman–Crippen LogP) is 3.73. The zero-order chi connectivity index (χ0) is 14.7. The van der Waals surface area contributed by atoms with Crippen LogP contribution in [0, 0.1) is 0 Å². The summed E-state index contributed by atoms with van der Waals surface area (Å²) in [6.07, 6.45) is 4.49. The Hall–Kier alpha value is -1.39. The number of anilines is 1. The minimum atomic E-state index is 0.716. The van der Waals surface area contributed by atoms with E-state index in [1.54, 1.807) is 0 Å². The van der Waals surface area contributed by atoms with Gasteiger partial charge in [-0.1, -0.05) is 34.1 Å². The average molecular weight is 346 g/mol. The summed E-state index contributed by atoms with van der Waals surface area (Å²) in [7, 11) is 2.10. The zero-order valence-corrected chi connectivity index (χ0v) is 13.8. The first-order valence-electron chi connectivity index (χ1n) is 7.35. The van der Waals surface area contributed by atoms with Crippen molar-refractivity contribution in [3.63, 3.8) is 0 Å². The number of rotatable bonds is 6. The second-order valence-electron chi connectivity index (χ2n) is 5.63. The van der Waals surface area contributed by atoms with E-state index in [2.05, 4.69) is 68.5 Å². The second kappa shape index (κ2) is 6.58. The quantitative estimate of drug-likeness (QED) is 0.864. The van der Waals surface area contributed by atoms with Crippen molar-refractivity contribution in [1.29, 1.82) is 0 Å². The van der Waals surface area contributed by atoms with E-state index >= 15 is 0 Å². The fraction of sp³-hybridized carbons (Fsp3) is 0.353. The molecule has 110 valence electrons. The van der Waals surface area contributed by atoms with E-state index in [4.69, 9.17) is 0 Å². The lowest BCUT2D eigenvalue weighted by Crippen LogP contribution is -2.22. The number of hydrogen-bond donors (Lipinski definition) is 1. The molecule has 0 spiro atoms. The zero-order valence-electron chi connectivity index (χ0n) is 12.2. The Morgan fingerprint density at radius 3 is 2.90 bits per heavy atom. The fourth-order valence-electron chi connectivity index (χ4n) is 2.44. The standard InChI is InChI=1S/C17H20BrN3/c1-21(12-13-4-2-6-15(18)10-13)17-14(5-3-9-19-17)11-20-16-7-8-16/h2-6,9-10,16,20H,7-8,11-12H2,1H3. The number of nitrogens with one attached hydrogen (secondary N) is 1. The maximum atomic E-state index is 4.57. The molecule has 0 aliphatic heterocycles. The van der Waals surface area contributed by atoms with E-state index in [1.807, 2.05) is 12.3 Å². The summed E-state index contributed by atoms with van der Waals surface area (Å²) in [5.74, 6) is 1.06. The normalized spacial score (nSPS) is 14.2. The average Bonchev–Trinajstić information content (AvgIpc) is 3.29. The summed E-state index contributed by atoms with van der Waals surface area (Å²) in [4.78, 5) is 6.78. The van der Waals surface area contributed by atoms with Gasteiger partial charge in [0.15, 0.2) is 0 Å². The first kappa shape index (κ1) is 14.5. The topological polar surface area (TPSA) is 28.2 Å². The molecule has 0 unspecified atom stereocenters. The van der Waals surface area contributed by atoms with Gasteiger partial charge in [0.1, 0.15) is 5.82 Å². The van der Waals surface area contributed by atoms with Crippen LogP contribution in [0.4, 0.5) is 5.82 Å². The molecule has 1 aliphatic rings. The maximum Gasteiger partial charge on any atom is 0.133 e. The molecule has 21 heavy (non-hydrogen) atoms. The van der Waals surface area contributed by atoms with Gasteiger partial charge in [-0.15, -0.1) is 0 Å². The minimum absolute atomic E-state index is 0.716. The Bertz CT molecular complexity index is 610. The lowest BCUT2D eigenvalue weighted by Gasteiger charge is -2.21. The number of hydrogen-bond acceptors (Lipinski definition) is 3. The second-order valence-corrected chi connectivity index (χ2v) is 6.54. The van der Waals surface area contributed by atoms with Gasteiger partial charge in [0.2, 0.25) is 0 Å². The highest BCUT2D eigenvalue weighted by Gasteiger charge is 2.21. The first-order chi connectivity index (χ1) is 10.2. The van der Waals surface area contributed by atoms with Crippen molar-refractivity contribution in [2.75, 3.05) is 11.9 Å². The molecule has 3 nitrogen and oxygen atoms in total. The predicted molar refractivity (Wildman–Crippen MR) is 90.3 cm³/mol. The van der Waals surface area contributed by atoms with Gasteiger partial charge in [0.05, 0.1) is 0 Å². The number of pyridine rings is 1. The lowest BCUT2D eigenvalue weighted by molar-refractivity contribution is 0.683. The third kappa shape index (κ3) is 4.05. The SMILES string of the molecule is CN(Cc1cccc(Br)c1)c1ncccc1CNC1CC1. The van der Waals surface area contributed by atoms with Gasteiger partial charge >= 0.3 is 0 Å². The van der Waals surface area contributed by atoms with Crippen molar-refractivity contribution >= 4 is 21.7 Å². The third-order valence-electron chi connectivity index (χ3n) is 3.70. The molecule has 1 aromatic heterocycles. The monoisotopic (exact) mass is 345 g/mol. The molecule has 2 aromatic rings. The van der Waals surface area contributed by atoms with Crippen LogP contribution >= 0.6 is 15.9 Å². The smallest absolute Gasteiger partial charge is 0.133 e. The molecule has 0 amide bonds. The van der Waals surface area contributed by atoms with Gasteiger partial charge in [-0.25, -0.2) is 4.98 Å². The van der Waals surface area contributed by atoms with Crippen molar-refractivity contribution in [3.05, 3.63) is 58.2 Å². The van der Waals surface area contributed by atoms with E-state index in [-0.39, 0.29) is 0 Å². The molecule has 1 fully saturated rings. The van der Waals surface area contributed by atoms with Crippen LogP contribution in [0.2, 0.25) is 0 Å². The van der Waals surface area contributed by atoms with E-state index in [1.165, 1.54) is 24.0 Å². The highest BCUT2D eigenvalue weighted by molar-refractivity contribution is 9.10. The molecule has 1 aliphatic carbocycles. The number of halogens is 1. The lowest BCUT2D eigenvalue weighted by atomic mass is 10.2. The largest absolute Gasteiger partial charge is 0.355 e. The Labute approximate surface area is 134 Å². The van der Waals surface area contributed by atoms with Gasteiger partial charge in [-0.05, 0) is 36.6 Å². The number of aromatic nitrogens is 1. The van der Waals surface area contributed by atoms with Crippen LogP contribution in [-0.2, 0) is 13.1 Å². The first-order valence-corrected chi connectivity index (χ1v) is 8.14. The molecule has 3 rings (SSSR count). The Morgan fingerprint density at radius 1 is 1.29 bits per heavy atom. The van der Waals surface area contributed by atoms with Crippen molar-refractivity contribution in [2.45, 2.75) is 32.0 Å². The van der Waals surface area contributed by atoms with Crippen LogP contribution in [0.25, 0.3) is 0 Å². The molecule has 0 atom stereocenters. The minimum Gasteiger partial charge on any atom is -0.355 e. The van der Waals surface area contributed by atoms with Crippen molar-refractivity contribution in [3.8, 4) is 0 Å². The molecule has 4 heteroatoms. The van der Waals surface area contributed by atoms with Crippen molar-refractivity contribution < 1.29 is 0 Å². The van der Waals surface area contributed by atoms with Crippen LogP contribution in [0.3, 0.4) is 0 Å². The summed E-state index contributed by atoms with van der Waals surface area (Å²) in [6.45, 7) is 1.75. The van der Waals surface area contributed by atoms with Gasteiger partial charge in [0.25, 0.3) is 0 Å². The Morgan fingerprint density at radius 2 is 2.14 bits per heavy atom. The van der Waals surface area contributed by atoms with Crippen LogP contribution in [0.1, 0.15) is 24.0 Å². The molecular formula is C17H20BrN3. The highest BCUT2D eigenvalue weighted by Crippen LogP contribution is 2.23. The summed E-state index contributed by atoms with van der Waals surface area (Å²) >= 11 is 3.53. The Kier molecular flexibility index (Phi) is 4.56. The molecule has 1 aromatic carbocycles. The van der Waals surface area contributed by atoms with Crippen molar-refractivity contribution in [2.24, 2.45) is 0 Å². The molecule has 0 radical (unpaired) electrons. The maximum absolute atomic E-state index is 4.57. The highest BCUT2D eigenvalue weighted by atomic mass is 79.9. The molecule has 1 N–H and O–H groups in total. The number of nitrogens with zero attached hydrogens (tertiary/aromatic N) is 2. The van der Waals surface area contributed by atoms with Gasteiger partial charge in [-0.2, -0.15) is 0 Å². The Balaban J connectivity index is 1.72. The molecular weight excluding hydrogens is 326 g/mol. The van der Waals surface area contributed by atoms with E-state index in [0.717, 1.165) is 23.4 Å². The van der Waals surface area contributed by atoms with Crippen LogP contribution in [0.5, 0.6) is 0 Å². The fourth-order valence-corrected chi connectivity index (χ4v) is 2.88. The summed E-state index contributed by atoms with van der Waals surface area (Å²) in [5, 5.41) is 3.57. The molecule has 1 heterocycles. The summed E-state index contributed by atoms with van der Waals surface area (Å²) in [6, 6.07) is 13.3. The summed E-state index contributed by atoms with van der Waals surface area (Å²) in [5.41, 5.74) is 2.54. The van der Waals surface area contributed by atoms with Crippen LogP contribution in [0.15, 0.2) is 47.1 Å². The van der Waals surface area contributed by atoms with Crippen molar-refractivity contribution in [1.82, 2.24) is 10.3 Å². The summed E-state index contributed by atoms with van der Waals surface area (Å²) < 4.78 is 1.12. The van der Waals surface area contributed by atoms with E-state index in [0.29, 0.717) is 6.04 Å². The molecule has 0 saturated heterocycles. The number of benzene rings is 1. The molecule has 0 bridgehead atoms. The van der Waals surface area contributed by atoms with Gasteiger partial charge in [0, 0.05) is 42.4 Å². The molecule has 1 saturated carbocycles. The van der Waals surface area contributed by atoms with Gasteiger partial charge < -0.3 is 10.2 Å². The van der Waals surface area contributed by atoms with E-state index < -0.39 is 0 Å². The third-order valence-corrected chi connectivity index (χ3v) is 4.19. The van der Waals surface area contributed by atoms with Gasteiger partial charge in [-0.3, -0.25) is 0 Å². The van der Waals surface area contributed by atoms with Crippen LogP contribution < -0.4 is 10.2 Å². The van der Waals surface area contributed by atoms with E-state index in [9.17, 15) is 0 Å².